The lowest BCUT2D eigenvalue weighted by Crippen LogP contribution is -2.05. The summed E-state index contributed by atoms with van der Waals surface area (Å²) in [5.74, 6) is -0.310. The summed E-state index contributed by atoms with van der Waals surface area (Å²) in [7, 11) is 0. The highest BCUT2D eigenvalue weighted by atomic mass is 16.5. The molecule has 0 spiro atoms. The lowest BCUT2D eigenvalue weighted by molar-refractivity contribution is 0.0473. The molecule has 0 aliphatic carbocycles. The summed E-state index contributed by atoms with van der Waals surface area (Å²) in [6.45, 7) is 2.35. The molecule has 0 atom stereocenters. The highest BCUT2D eigenvalue weighted by Gasteiger charge is 2.10. The molecule has 1 aromatic heterocycles. The number of carbonyl (C=O) groups is 1. The molecule has 3 heteroatoms. The van der Waals surface area contributed by atoms with Gasteiger partial charge in [0.25, 0.3) is 0 Å². The van der Waals surface area contributed by atoms with Gasteiger partial charge in [-0.2, -0.15) is 0 Å². The van der Waals surface area contributed by atoms with Gasteiger partial charge >= 0.3 is 5.97 Å². The number of hydrogen-bond acceptors (Lipinski definition) is 3. The van der Waals surface area contributed by atoms with E-state index in [0.717, 1.165) is 21.7 Å². The number of aromatic nitrogens is 1. The Labute approximate surface area is 145 Å². The van der Waals surface area contributed by atoms with Crippen LogP contribution in [0.5, 0.6) is 0 Å². The summed E-state index contributed by atoms with van der Waals surface area (Å²) in [5, 5.41) is 4.39. The van der Waals surface area contributed by atoms with E-state index in [1.165, 1.54) is 10.9 Å². The van der Waals surface area contributed by atoms with Gasteiger partial charge < -0.3 is 4.74 Å². The van der Waals surface area contributed by atoms with E-state index in [4.69, 9.17) is 4.74 Å². The number of carbonyl (C=O) groups excluding carboxylic acids is 1. The van der Waals surface area contributed by atoms with Gasteiger partial charge in [-0.25, -0.2) is 4.79 Å². The number of esters is 1. The predicted octanol–water partition coefficient (Wildman–Crippen LogP) is 5.05. The Morgan fingerprint density at radius 1 is 0.960 bits per heavy atom. The number of nitrogens with zero attached hydrogens (tertiary/aromatic N) is 1. The fourth-order valence-electron chi connectivity index (χ4n) is 3.12. The average Bonchev–Trinajstić information content (AvgIpc) is 2.67. The minimum Gasteiger partial charge on any atom is -0.457 e. The van der Waals surface area contributed by atoms with E-state index in [1.54, 1.807) is 6.20 Å². The fraction of sp³-hybridized carbons (Fsp3) is 0.0909. The normalized spacial score (nSPS) is 10.9. The van der Waals surface area contributed by atoms with Crippen molar-refractivity contribution in [1.29, 1.82) is 0 Å². The molecule has 122 valence electrons. The summed E-state index contributed by atoms with van der Waals surface area (Å²) in [6.07, 6.45) is 3.68. The molecule has 25 heavy (non-hydrogen) atoms. The molecule has 0 bridgehead atoms. The van der Waals surface area contributed by atoms with Gasteiger partial charge in [-0.05, 0) is 52.4 Å². The number of hydrogen-bond donors (Lipinski definition) is 0. The van der Waals surface area contributed by atoms with Crippen LogP contribution in [0.4, 0.5) is 0 Å². The van der Waals surface area contributed by atoms with Gasteiger partial charge in [0.05, 0.1) is 5.56 Å². The van der Waals surface area contributed by atoms with E-state index in [1.807, 2.05) is 60.8 Å². The second-order valence-corrected chi connectivity index (χ2v) is 6.11. The third-order valence-electron chi connectivity index (χ3n) is 4.41. The van der Waals surface area contributed by atoms with Crippen molar-refractivity contribution in [2.45, 2.75) is 13.5 Å². The third-order valence-corrected chi connectivity index (χ3v) is 4.41. The number of aryl methyl sites for hydroxylation is 1. The van der Waals surface area contributed by atoms with Crippen LogP contribution in [0.3, 0.4) is 0 Å². The Balaban J connectivity index is 1.67. The Hall–Kier alpha value is -3.20. The third kappa shape index (κ3) is 2.96. The van der Waals surface area contributed by atoms with Crippen LogP contribution >= 0.6 is 0 Å². The summed E-state index contributed by atoms with van der Waals surface area (Å²) >= 11 is 0. The maximum atomic E-state index is 12.4. The van der Waals surface area contributed by atoms with E-state index in [9.17, 15) is 4.79 Å². The molecule has 4 rings (SSSR count). The zero-order valence-corrected chi connectivity index (χ0v) is 13.9. The maximum Gasteiger partial charge on any atom is 0.338 e. The van der Waals surface area contributed by atoms with Crippen molar-refractivity contribution in [3.63, 3.8) is 0 Å². The van der Waals surface area contributed by atoms with Crippen LogP contribution < -0.4 is 0 Å². The fourth-order valence-corrected chi connectivity index (χ4v) is 3.12. The highest BCUT2D eigenvalue weighted by molar-refractivity contribution is 6.10. The maximum absolute atomic E-state index is 12.4. The Morgan fingerprint density at radius 3 is 2.64 bits per heavy atom. The van der Waals surface area contributed by atoms with Crippen molar-refractivity contribution in [1.82, 2.24) is 4.98 Å². The number of rotatable bonds is 3. The molecule has 0 fully saturated rings. The zero-order chi connectivity index (χ0) is 17.2. The first-order valence-corrected chi connectivity index (χ1v) is 8.20. The SMILES string of the molecule is Cc1cc2cc(C(=O)OCc3ccccc3)ccc2c2cnccc12. The minimum atomic E-state index is -0.310. The largest absolute Gasteiger partial charge is 0.457 e. The second-order valence-electron chi connectivity index (χ2n) is 6.11. The quantitative estimate of drug-likeness (QED) is 0.390. The first kappa shape index (κ1) is 15.3. The molecule has 0 saturated carbocycles. The molecule has 1 heterocycles. The van der Waals surface area contributed by atoms with Crippen LogP contribution in [-0.2, 0) is 11.3 Å². The summed E-state index contributed by atoms with van der Waals surface area (Å²) in [4.78, 5) is 16.6. The van der Waals surface area contributed by atoms with Crippen LogP contribution in [0.2, 0.25) is 0 Å². The lowest BCUT2D eigenvalue weighted by Gasteiger charge is -2.09. The highest BCUT2D eigenvalue weighted by Crippen LogP contribution is 2.28. The van der Waals surface area contributed by atoms with E-state index >= 15 is 0 Å². The molecule has 0 aliphatic rings. The van der Waals surface area contributed by atoms with E-state index in [-0.39, 0.29) is 12.6 Å². The van der Waals surface area contributed by atoms with Crippen LogP contribution in [0.1, 0.15) is 21.5 Å². The molecule has 4 aromatic rings. The average molecular weight is 327 g/mol. The first-order chi connectivity index (χ1) is 12.2. The zero-order valence-electron chi connectivity index (χ0n) is 13.9. The summed E-state index contributed by atoms with van der Waals surface area (Å²) < 4.78 is 5.43. The standard InChI is InChI=1S/C22H17NO2/c1-15-11-18-12-17(22(24)25-14-16-5-3-2-4-6-16)7-8-20(18)21-13-23-10-9-19(15)21/h2-13H,14H2,1H3. The lowest BCUT2D eigenvalue weighted by atomic mass is 9.98. The van der Waals surface area contributed by atoms with Gasteiger partial charge in [0, 0.05) is 17.8 Å². The van der Waals surface area contributed by atoms with Gasteiger partial charge in [0.1, 0.15) is 6.61 Å². The molecule has 3 nitrogen and oxygen atoms in total. The Bertz CT molecular complexity index is 1070. The van der Waals surface area contributed by atoms with E-state index < -0.39 is 0 Å². The Kier molecular flexibility index (Phi) is 3.90. The van der Waals surface area contributed by atoms with E-state index in [0.29, 0.717) is 5.56 Å². The molecule has 0 N–H and O–H groups in total. The van der Waals surface area contributed by atoms with Crippen molar-refractivity contribution in [3.8, 4) is 0 Å². The monoisotopic (exact) mass is 327 g/mol. The molecular weight excluding hydrogens is 310 g/mol. The summed E-state index contributed by atoms with van der Waals surface area (Å²) in [5.41, 5.74) is 2.70. The van der Waals surface area contributed by atoms with Crippen molar-refractivity contribution in [2.75, 3.05) is 0 Å². The molecule has 0 saturated heterocycles. The van der Waals surface area contributed by atoms with Crippen molar-refractivity contribution in [3.05, 3.63) is 89.7 Å². The molecule has 0 radical (unpaired) electrons. The number of benzene rings is 3. The predicted molar refractivity (Wildman–Crippen MR) is 99.5 cm³/mol. The van der Waals surface area contributed by atoms with Crippen LogP contribution in [0.15, 0.2) is 73.1 Å². The number of ether oxygens (including phenoxy) is 1. The van der Waals surface area contributed by atoms with Gasteiger partial charge in [0.15, 0.2) is 0 Å². The van der Waals surface area contributed by atoms with Crippen molar-refractivity contribution in [2.24, 2.45) is 0 Å². The van der Waals surface area contributed by atoms with Gasteiger partial charge in [0.2, 0.25) is 0 Å². The van der Waals surface area contributed by atoms with Crippen LogP contribution in [0.25, 0.3) is 21.5 Å². The topological polar surface area (TPSA) is 39.2 Å². The smallest absolute Gasteiger partial charge is 0.338 e. The molecule has 0 amide bonds. The van der Waals surface area contributed by atoms with Crippen LogP contribution in [-0.4, -0.2) is 11.0 Å². The molecule has 0 aliphatic heterocycles. The minimum absolute atomic E-state index is 0.276. The Morgan fingerprint density at radius 2 is 1.80 bits per heavy atom. The van der Waals surface area contributed by atoms with Gasteiger partial charge in [-0.1, -0.05) is 42.5 Å². The van der Waals surface area contributed by atoms with Crippen LogP contribution in [0, 0.1) is 6.92 Å². The molecule has 3 aromatic carbocycles. The molecule has 0 unspecified atom stereocenters. The first-order valence-electron chi connectivity index (χ1n) is 8.20. The van der Waals surface area contributed by atoms with E-state index in [2.05, 4.69) is 18.0 Å². The number of fused-ring (bicyclic) bond motifs is 3. The number of pyridine rings is 1. The van der Waals surface area contributed by atoms with Gasteiger partial charge in [-0.15, -0.1) is 0 Å². The second kappa shape index (κ2) is 6.36. The van der Waals surface area contributed by atoms with Crippen molar-refractivity contribution < 1.29 is 9.53 Å². The molecular formula is C22H17NO2. The van der Waals surface area contributed by atoms with Crippen molar-refractivity contribution >= 4 is 27.5 Å². The summed E-state index contributed by atoms with van der Waals surface area (Å²) in [6, 6.07) is 19.5. The van der Waals surface area contributed by atoms with Gasteiger partial charge in [-0.3, -0.25) is 4.98 Å².